The number of ether oxygens (including phenoxy) is 4. The average Bonchev–Trinajstić information content (AvgIpc) is 2.73. The molecule has 152 valence electrons. The first-order valence-electron chi connectivity index (χ1n) is 9.98. The van der Waals surface area contributed by atoms with Crippen LogP contribution in [0.2, 0.25) is 0 Å². The van der Waals surface area contributed by atoms with Crippen LogP contribution in [-0.2, 0) is 11.3 Å². The second-order valence-corrected chi connectivity index (χ2v) is 7.46. The Hall–Kier alpha value is -1.50. The van der Waals surface area contributed by atoms with E-state index in [1.54, 1.807) is 21.3 Å². The quantitative estimate of drug-likeness (QED) is 0.727. The maximum absolute atomic E-state index is 5.76. The zero-order valence-electron chi connectivity index (χ0n) is 17.2. The van der Waals surface area contributed by atoms with E-state index in [1.807, 2.05) is 19.2 Å². The Morgan fingerprint density at radius 2 is 1.44 bits per heavy atom. The summed E-state index contributed by atoms with van der Waals surface area (Å²) < 4.78 is 22.2. The van der Waals surface area contributed by atoms with Gasteiger partial charge in [-0.2, -0.15) is 0 Å². The van der Waals surface area contributed by atoms with Crippen molar-refractivity contribution < 1.29 is 18.9 Å². The topological polar surface area (TPSA) is 43.4 Å². The molecule has 2 aliphatic rings. The fourth-order valence-electron chi connectivity index (χ4n) is 4.48. The highest BCUT2D eigenvalue weighted by Gasteiger charge is 2.32. The molecule has 1 heterocycles. The fourth-order valence-corrected chi connectivity index (χ4v) is 4.48. The average molecular weight is 379 g/mol. The lowest BCUT2D eigenvalue weighted by Crippen LogP contribution is -2.54. The van der Waals surface area contributed by atoms with Crippen molar-refractivity contribution in [3.8, 4) is 17.2 Å². The van der Waals surface area contributed by atoms with Crippen LogP contribution in [-0.4, -0.2) is 76.6 Å². The van der Waals surface area contributed by atoms with Gasteiger partial charge in [0.05, 0.1) is 27.4 Å². The molecular formula is C21H34N2O4. The van der Waals surface area contributed by atoms with Crippen LogP contribution in [0.1, 0.15) is 31.2 Å². The molecule has 1 aliphatic carbocycles. The predicted octanol–water partition coefficient (Wildman–Crippen LogP) is 2.79. The smallest absolute Gasteiger partial charge is 0.164 e. The van der Waals surface area contributed by atoms with Gasteiger partial charge in [-0.1, -0.05) is 12.8 Å². The summed E-state index contributed by atoms with van der Waals surface area (Å²) in [6.07, 6.45) is 5.49. The van der Waals surface area contributed by atoms with Crippen LogP contribution in [0.4, 0.5) is 0 Å². The van der Waals surface area contributed by atoms with Crippen LogP contribution in [0.25, 0.3) is 0 Å². The van der Waals surface area contributed by atoms with Crippen molar-refractivity contribution >= 4 is 0 Å². The molecule has 2 fully saturated rings. The van der Waals surface area contributed by atoms with Crippen molar-refractivity contribution in [1.29, 1.82) is 0 Å². The molecule has 0 radical (unpaired) electrons. The van der Waals surface area contributed by atoms with Crippen LogP contribution in [0.15, 0.2) is 12.1 Å². The van der Waals surface area contributed by atoms with Crippen LogP contribution in [0, 0.1) is 0 Å². The second-order valence-electron chi connectivity index (χ2n) is 7.46. The van der Waals surface area contributed by atoms with E-state index in [9.17, 15) is 0 Å². The van der Waals surface area contributed by atoms with Gasteiger partial charge >= 0.3 is 0 Å². The van der Waals surface area contributed by atoms with E-state index in [-0.39, 0.29) is 0 Å². The molecule has 27 heavy (non-hydrogen) atoms. The Labute approximate surface area is 163 Å². The molecule has 2 atom stereocenters. The molecule has 1 aromatic rings. The molecule has 1 aliphatic heterocycles. The minimum atomic E-state index is 0.399. The minimum absolute atomic E-state index is 0.399. The lowest BCUT2D eigenvalue weighted by molar-refractivity contribution is -0.0279. The van der Waals surface area contributed by atoms with Gasteiger partial charge in [-0.05, 0) is 18.9 Å². The molecule has 0 N–H and O–H groups in total. The van der Waals surface area contributed by atoms with Gasteiger partial charge in [0.1, 0.15) is 5.75 Å². The monoisotopic (exact) mass is 378 g/mol. The van der Waals surface area contributed by atoms with Crippen molar-refractivity contribution in [3.63, 3.8) is 0 Å². The minimum Gasteiger partial charge on any atom is -0.496 e. The van der Waals surface area contributed by atoms with E-state index < -0.39 is 0 Å². The van der Waals surface area contributed by atoms with Gasteiger partial charge in [0, 0.05) is 57.5 Å². The Balaban J connectivity index is 1.62. The number of hydrogen-bond donors (Lipinski definition) is 0. The summed E-state index contributed by atoms with van der Waals surface area (Å²) in [5, 5.41) is 0. The van der Waals surface area contributed by atoms with Gasteiger partial charge in [0.15, 0.2) is 11.5 Å². The first-order chi connectivity index (χ1) is 13.2. The lowest BCUT2D eigenvalue weighted by atomic mass is 9.90. The molecule has 0 bridgehead atoms. The van der Waals surface area contributed by atoms with Crippen molar-refractivity contribution in [1.82, 2.24) is 9.80 Å². The largest absolute Gasteiger partial charge is 0.496 e. The summed E-state index contributed by atoms with van der Waals surface area (Å²) >= 11 is 0. The Kier molecular flexibility index (Phi) is 7.21. The third-order valence-electron chi connectivity index (χ3n) is 6.03. The molecule has 0 spiro atoms. The van der Waals surface area contributed by atoms with Crippen molar-refractivity contribution in [2.45, 2.75) is 44.4 Å². The van der Waals surface area contributed by atoms with Gasteiger partial charge in [0.2, 0.25) is 0 Å². The third-order valence-corrected chi connectivity index (χ3v) is 6.03. The van der Waals surface area contributed by atoms with Crippen molar-refractivity contribution in [2.75, 3.05) is 54.6 Å². The van der Waals surface area contributed by atoms with Gasteiger partial charge < -0.3 is 18.9 Å². The SMILES string of the molecule is COc1cc(OC)c(OC)cc1CN1CCN([C@H]2CCCC[C@H]2OC)CC1. The summed E-state index contributed by atoms with van der Waals surface area (Å²) in [5.41, 5.74) is 1.14. The zero-order chi connectivity index (χ0) is 19.2. The maximum Gasteiger partial charge on any atom is 0.164 e. The molecule has 6 heteroatoms. The van der Waals surface area contributed by atoms with Gasteiger partial charge in [-0.3, -0.25) is 9.80 Å². The molecule has 1 saturated heterocycles. The first-order valence-corrected chi connectivity index (χ1v) is 9.98. The Bertz CT molecular complexity index is 602. The second kappa shape index (κ2) is 9.62. The van der Waals surface area contributed by atoms with E-state index in [2.05, 4.69) is 9.80 Å². The molecular weight excluding hydrogens is 344 g/mol. The first kappa shape index (κ1) is 20.2. The Morgan fingerprint density at radius 1 is 0.815 bits per heavy atom. The maximum atomic E-state index is 5.76. The number of nitrogens with zero attached hydrogens (tertiary/aromatic N) is 2. The van der Waals surface area contributed by atoms with Crippen LogP contribution < -0.4 is 14.2 Å². The molecule has 0 amide bonds. The van der Waals surface area contributed by atoms with Gasteiger partial charge in [-0.25, -0.2) is 0 Å². The summed E-state index contributed by atoms with van der Waals surface area (Å²) in [7, 11) is 6.89. The molecule has 3 rings (SSSR count). The normalized spacial score (nSPS) is 24.6. The van der Waals surface area contributed by atoms with Crippen molar-refractivity contribution in [2.24, 2.45) is 0 Å². The highest BCUT2D eigenvalue weighted by atomic mass is 16.5. The highest BCUT2D eigenvalue weighted by Crippen LogP contribution is 2.35. The van der Waals surface area contributed by atoms with E-state index in [0.29, 0.717) is 17.9 Å². The summed E-state index contributed by atoms with van der Waals surface area (Å²) in [6.45, 7) is 5.17. The number of methoxy groups -OCH3 is 4. The van der Waals surface area contributed by atoms with Crippen LogP contribution in [0.5, 0.6) is 17.2 Å². The zero-order valence-corrected chi connectivity index (χ0v) is 17.2. The highest BCUT2D eigenvalue weighted by molar-refractivity contribution is 5.50. The number of benzene rings is 1. The number of rotatable bonds is 7. The van der Waals surface area contributed by atoms with E-state index in [1.165, 1.54) is 25.7 Å². The molecule has 0 unspecified atom stereocenters. The number of hydrogen-bond acceptors (Lipinski definition) is 6. The van der Waals surface area contributed by atoms with E-state index >= 15 is 0 Å². The van der Waals surface area contributed by atoms with Crippen LogP contribution >= 0.6 is 0 Å². The lowest BCUT2D eigenvalue weighted by Gasteiger charge is -2.43. The molecule has 0 aromatic heterocycles. The van der Waals surface area contributed by atoms with Gasteiger partial charge in [-0.15, -0.1) is 0 Å². The predicted molar refractivity (Wildman–Crippen MR) is 106 cm³/mol. The standard InChI is InChI=1S/C21H34N2O4/c1-24-18-8-6-5-7-17(18)23-11-9-22(10-12-23)15-16-13-20(26-3)21(27-4)14-19(16)25-2/h13-14,17-18H,5-12,15H2,1-4H3/t17-,18+/m0/s1. The molecule has 1 saturated carbocycles. The van der Waals surface area contributed by atoms with Crippen LogP contribution in [0.3, 0.4) is 0 Å². The molecule has 1 aromatic carbocycles. The Morgan fingerprint density at radius 3 is 2.07 bits per heavy atom. The third kappa shape index (κ3) is 4.68. The van der Waals surface area contributed by atoms with E-state index in [4.69, 9.17) is 18.9 Å². The van der Waals surface area contributed by atoms with Gasteiger partial charge in [0.25, 0.3) is 0 Å². The van der Waals surface area contributed by atoms with Crippen molar-refractivity contribution in [3.05, 3.63) is 17.7 Å². The van der Waals surface area contributed by atoms with E-state index in [0.717, 1.165) is 49.8 Å². The fraction of sp³-hybridized carbons (Fsp3) is 0.714. The number of piperazine rings is 1. The summed E-state index contributed by atoms with van der Waals surface area (Å²) in [6, 6.07) is 4.53. The summed E-state index contributed by atoms with van der Waals surface area (Å²) in [4.78, 5) is 5.13. The summed E-state index contributed by atoms with van der Waals surface area (Å²) in [5.74, 6) is 2.30. The molecule has 6 nitrogen and oxygen atoms in total.